The van der Waals surface area contributed by atoms with Crippen LogP contribution in [0.25, 0.3) is 0 Å². The molecule has 1 aromatic heterocycles. The van der Waals surface area contributed by atoms with E-state index in [9.17, 15) is 5.11 Å². The van der Waals surface area contributed by atoms with Crippen LogP contribution >= 0.6 is 0 Å². The van der Waals surface area contributed by atoms with Crippen LogP contribution in [-0.2, 0) is 13.1 Å². The number of aromatic nitrogens is 4. The fourth-order valence-electron chi connectivity index (χ4n) is 1.23. The summed E-state index contributed by atoms with van der Waals surface area (Å²) in [5, 5.41) is 26.0. The summed E-state index contributed by atoms with van der Waals surface area (Å²) in [6.45, 7) is 1.09. The molecule has 0 aliphatic rings. The SMILES string of the molecule is Oc1ccccc1CNCc1nn[nH]n1. The summed E-state index contributed by atoms with van der Waals surface area (Å²) < 4.78 is 0. The first kappa shape index (κ1) is 9.60. The fourth-order valence-corrected chi connectivity index (χ4v) is 1.23. The smallest absolute Gasteiger partial charge is 0.188 e. The molecule has 2 rings (SSSR count). The van der Waals surface area contributed by atoms with Gasteiger partial charge in [0.1, 0.15) is 5.75 Å². The molecule has 0 amide bonds. The van der Waals surface area contributed by atoms with E-state index in [4.69, 9.17) is 0 Å². The first-order valence-corrected chi connectivity index (χ1v) is 4.56. The number of benzene rings is 1. The van der Waals surface area contributed by atoms with Gasteiger partial charge in [-0.2, -0.15) is 5.21 Å². The van der Waals surface area contributed by atoms with Crippen LogP contribution in [-0.4, -0.2) is 25.7 Å². The number of rotatable bonds is 4. The topological polar surface area (TPSA) is 86.7 Å². The molecule has 0 unspecified atom stereocenters. The number of phenols is 1. The van der Waals surface area contributed by atoms with E-state index in [2.05, 4.69) is 25.9 Å². The van der Waals surface area contributed by atoms with E-state index in [0.29, 0.717) is 18.9 Å². The number of hydrogen-bond acceptors (Lipinski definition) is 5. The summed E-state index contributed by atoms with van der Waals surface area (Å²) in [5.74, 6) is 0.892. The van der Waals surface area contributed by atoms with Crippen molar-refractivity contribution in [1.29, 1.82) is 0 Å². The van der Waals surface area contributed by atoms with E-state index in [-0.39, 0.29) is 5.75 Å². The maximum Gasteiger partial charge on any atom is 0.188 e. The van der Waals surface area contributed by atoms with Crippen LogP contribution in [0.3, 0.4) is 0 Å². The molecule has 78 valence electrons. The van der Waals surface area contributed by atoms with Crippen LogP contribution in [0.5, 0.6) is 5.75 Å². The Labute approximate surface area is 86.3 Å². The van der Waals surface area contributed by atoms with Crippen LogP contribution in [0.1, 0.15) is 11.4 Å². The Morgan fingerprint density at radius 1 is 1.27 bits per heavy atom. The van der Waals surface area contributed by atoms with Crippen molar-refractivity contribution >= 4 is 0 Å². The highest BCUT2D eigenvalue weighted by Crippen LogP contribution is 2.14. The number of nitrogens with one attached hydrogen (secondary N) is 2. The lowest BCUT2D eigenvalue weighted by atomic mass is 10.2. The number of nitrogens with zero attached hydrogens (tertiary/aromatic N) is 3. The lowest BCUT2D eigenvalue weighted by molar-refractivity contribution is 0.464. The Morgan fingerprint density at radius 3 is 2.87 bits per heavy atom. The number of para-hydroxylation sites is 1. The van der Waals surface area contributed by atoms with Crippen LogP contribution < -0.4 is 5.32 Å². The molecule has 0 aliphatic heterocycles. The molecule has 0 radical (unpaired) electrons. The molecule has 1 aromatic carbocycles. The molecule has 6 heteroatoms. The normalized spacial score (nSPS) is 10.4. The molecular weight excluding hydrogens is 194 g/mol. The van der Waals surface area contributed by atoms with Crippen LogP contribution in [0.2, 0.25) is 0 Å². The summed E-state index contributed by atoms with van der Waals surface area (Å²) in [6.07, 6.45) is 0. The second-order valence-corrected chi connectivity index (χ2v) is 3.06. The van der Waals surface area contributed by atoms with E-state index in [1.165, 1.54) is 0 Å². The third-order valence-corrected chi connectivity index (χ3v) is 1.98. The molecular formula is C9H11N5O. The predicted molar refractivity (Wildman–Crippen MR) is 52.8 cm³/mol. The number of H-pyrrole nitrogens is 1. The third-order valence-electron chi connectivity index (χ3n) is 1.98. The van der Waals surface area contributed by atoms with E-state index in [0.717, 1.165) is 5.56 Å². The molecule has 0 saturated heterocycles. The monoisotopic (exact) mass is 205 g/mol. The Morgan fingerprint density at radius 2 is 2.13 bits per heavy atom. The van der Waals surface area contributed by atoms with Crippen LogP contribution in [0.15, 0.2) is 24.3 Å². The molecule has 0 fully saturated rings. The number of phenolic OH excluding ortho intramolecular Hbond substituents is 1. The van der Waals surface area contributed by atoms with Gasteiger partial charge in [0, 0.05) is 12.1 Å². The van der Waals surface area contributed by atoms with Gasteiger partial charge in [0.25, 0.3) is 0 Å². The number of aromatic hydroxyl groups is 1. The molecule has 0 saturated carbocycles. The second kappa shape index (κ2) is 4.52. The highest BCUT2D eigenvalue weighted by molar-refractivity contribution is 5.31. The van der Waals surface area contributed by atoms with Gasteiger partial charge in [0.15, 0.2) is 5.82 Å². The van der Waals surface area contributed by atoms with Gasteiger partial charge in [0.2, 0.25) is 0 Å². The van der Waals surface area contributed by atoms with Crippen LogP contribution in [0.4, 0.5) is 0 Å². The second-order valence-electron chi connectivity index (χ2n) is 3.06. The van der Waals surface area contributed by atoms with Crippen LogP contribution in [0, 0.1) is 0 Å². The molecule has 0 bridgehead atoms. The van der Waals surface area contributed by atoms with Crippen molar-refractivity contribution in [2.75, 3.05) is 0 Å². The van der Waals surface area contributed by atoms with Gasteiger partial charge in [-0.1, -0.05) is 23.4 Å². The highest BCUT2D eigenvalue weighted by atomic mass is 16.3. The molecule has 15 heavy (non-hydrogen) atoms. The van der Waals surface area contributed by atoms with Gasteiger partial charge < -0.3 is 10.4 Å². The first-order valence-electron chi connectivity index (χ1n) is 4.56. The summed E-state index contributed by atoms with van der Waals surface area (Å²) in [7, 11) is 0. The molecule has 6 nitrogen and oxygen atoms in total. The zero-order valence-electron chi connectivity index (χ0n) is 8.01. The maximum absolute atomic E-state index is 9.48. The van der Waals surface area contributed by atoms with E-state index < -0.39 is 0 Å². The van der Waals surface area contributed by atoms with Gasteiger partial charge in [0.05, 0.1) is 6.54 Å². The molecule has 0 spiro atoms. The average Bonchev–Trinajstić information content (AvgIpc) is 2.74. The minimum Gasteiger partial charge on any atom is -0.508 e. The molecule has 0 atom stereocenters. The lowest BCUT2D eigenvalue weighted by Crippen LogP contribution is -2.13. The largest absolute Gasteiger partial charge is 0.508 e. The first-order chi connectivity index (χ1) is 7.36. The standard InChI is InChI=1S/C9H11N5O/c15-8-4-2-1-3-7(8)5-10-6-9-11-13-14-12-9/h1-4,10,15H,5-6H2,(H,11,12,13,14). The zero-order valence-corrected chi connectivity index (χ0v) is 8.01. The molecule has 2 aromatic rings. The van der Waals surface area contributed by atoms with Crippen molar-refractivity contribution in [3.8, 4) is 5.75 Å². The van der Waals surface area contributed by atoms with Gasteiger partial charge in [-0.25, -0.2) is 0 Å². The Hall–Kier alpha value is -1.95. The fraction of sp³-hybridized carbons (Fsp3) is 0.222. The average molecular weight is 205 g/mol. The molecule has 3 N–H and O–H groups in total. The zero-order chi connectivity index (χ0) is 10.5. The van der Waals surface area contributed by atoms with E-state index in [1.807, 2.05) is 12.1 Å². The van der Waals surface area contributed by atoms with E-state index >= 15 is 0 Å². The Bertz CT molecular complexity index is 414. The Balaban J connectivity index is 1.86. The van der Waals surface area contributed by atoms with Crippen molar-refractivity contribution in [2.45, 2.75) is 13.1 Å². The summed E-state index contributed by atoms with van der Waals surface area (Å²) in [4.78, 5) is 0. The number of tetrazole rings is 1. The minimum atomic E-state index is 0.290. The maximum atomic E-state index is 9.48. The quantitative estimate of drug-likeness (QED) is 0.663. The van der Waals surface area contributed by atoms with Gasteiger partial charge in [-0.3, -0.25) is 0 Å². The predicted octanol–water partition coefficient (Wildman–Crippen LogP) is 0.195. The highest BCUT2D eigenvalue weighted by Gasteiger charge is 2.00. The van der Waals surface area contributed by atoms with E-state index in [1.54, 1.807) is 12.1 Å². The number of aromatic amines is 1. The summed E-state index contributed by atoms with van der Waals surface area (Å²) >= 11 is 0. The van der Waals surface area contributed by atoms with Gasteiger partial charge >= 0.3 is 0 Å². The molecule has 1 heterocycles. The van der Waals surface area contributed by atoms with Gasteiger partial charge in [-0.05, 0) is 6.07 Å². The minimum absolute atomic E-state index is 0.290. The lowest BCUT2D eigenvalue weighted by Gasteiger charge is -2.04. The van der Waals surface area contributed by atoms with Gasteiger partial charge in [-0.15, -0.1) is 10.2 Å². The van der Waals surface area contributed by atoms with Crippen molar-refractivity contribution in [1.82, 2.24) is 25.9 Å². The summed E-state index contributed by atoms with van der Waals surface area (Å²) in [6, 6.07) is 7.19. The van der Waals surface area contributed by atoms with Crippen molar-refractivity contribution in [3.63, 3.8) is 0 Å². The Kier molecular flexibility index (Phi) is 2.89. The summed E-state index contributed by atoms with van der Waals surface area (Å²) in [5.41, 5.74) is 0.848. The van der Waals surface area contributed by atoms with Crippen molar-refractivity contribution < 1.29 is 5.11 Å². The van der Waals surface area contributed by atoms with Crippen molar-refractivity contribution in [3.05, 3.63) is 35.7 Å². The third kappa shape index (κ3) is 2.50. The van der Waals surface area contributed by atoms with Crippen molar-refractivity contribution in [2.24, 2.45) is 0 Å². The molecule has 0 aliphatic carbocycles. The number of hydrogen-bond donors (Lipinski definition) is 3.